The van der Waals surface area contributed by atoms with Crippen LogP contribution in [0.5, 0.6) is 0 Å². The van der Waals surface area contributed by atoms with Crippen LogP contribution >= 0.6 is 0 Å². The van der Waals surface area contributed by atoms with Gasteiger partial charge in [-0.2, -0.15) is 0 Å². The van der Waals surface area contributed by atoms with Crippen LogP contribution in [0, 0.1) is 0 Å². The number of hydrogen-bond acceptors (Lipinski definition) is 2. The smallest absolute Gasteiger partial charge is 0.338 e. The van der Waals surface area contributed by atoms with Crippen LogP contribution in [-0.4, -0.2) is 20.9 Å². The van der Waals surface area contributed by atoms with Gasteiger partial charge in [0, 0.05) is 18.1 Å². The van der Waals surface area contributed by atoms with E-state index in [1.165, 1.54) is 0 Å². The average Bonchev–Trinajstić information content (AvgIpc) is 2.83. The van der Waals surface area contributed by atoms with Crippen molar-refractivity contribution in [1.82, 2.24) is 9.63 Å². The molecule has 1 heterocycles. The number of primary amides is 1. The molecule has 1 aromatic carbocycles. The van der Waals surface area contributed by atoms with E-state index in [-0.39, 0.29) is 6.54 Å². The first kappa shape index (κ1) is 11.2. The zero-order valence-corrected chi connectivity index (χ0v) is 9.15. The summed E-state index contributed by atoms with van der Waals surface area (Å²) in [5, 5.41) is 9.66. The average molecular weight is 231 g/mol. The minimum Gasteiger partial charge on any atom is -0.350 e. The molecule has 88 valence electrons. The lowest BCUT2D eigenvalue weighted by Gasteiger charge is -2.12. The minimum atomic E-state index is -0.862. The summed E-state index contributed by atoms with van der Waals surface area (Å²) in [5.41, 5.74) is 6.75. The van der Waals surface area contributed by atoms with Gasteiger partial charge < -0.3 is 10.3 Å². The van der Waals surface area contributed by atoms with Crippen LogP contribution < -0.4 is 5.73 Å². The van der Waals surface area contributed by atoms with Gasteiger partial charge in [-0.25, -0.2) is 9.86 Å². The van der Waals surface area contributed by atoms with Gasteiger partial charge in [0.1, 0.15) is 0 Å². The number of hydroxylamine groups is 2. The molecule has 0 aliphatic heterocycles. The van der Waals surface area contributed by atoms with Crippen LogP contribution in [0.2, 0.25) is 0 Å². The molecular formula is C12H13N3O2. The van der Waals surface area contributed by atoms with Gasteiger partial charge >= 0.3 is 6.03 Å². The zero-order chi connectivity index (χ0) is 12.3. The number of urea groups is 1. The maximum absolute atomic E-state index is 10.7. The van der Waals surface area contributed by atoms with Crippen molar-refractivity contribution >= 4 is 6.03 Å². The van der Waals surface area contributed by atoms with Crippen LogP contribution in [0.25, 0.3) is 5.69 Å². The molecule has 0 aliphatic rings. The molecule has 0 fully saturated rings. The van der Waals surface area contributed by atoms with Gasteiger partial charge in [-0.05, 0) is 29.8 Å². The Morgan fingerprint density at radius 2 is 1.82 bits per heavy atom. The van der Waals surface area contributed by atoms with E-state index in [4.69, 9.17) is 5.73 Å². The normalized spacial score (nSPS) is 10.2. The second kappa shape index (κ2) is 4.71. The Hall–Kier alpha value is -2.27. The molecule has 2 aromatic rings. The Morgan fingerprint density at radius 3 is 2.35 bits per heavy atom. The number of hydrogen-bond donors (Lipinski definition) is 2. The predicted molar refractivity (Wildman–Crippen MR) is 62.7 cm³/mol. The molecule has 0 radical (unpaired) electrons. The van der Waals surface area contributed by atoms with Crippen molar-refractivity contribution in [3.05, 3.63) is 54.4 Å². The molecule has 5 nitrogen and oxygen atoms in total. The Balaban J connectivity index is 2.11. The highest BCUT2D eigenvalue weighted by Crippen LogP contribution is 2.11. The van der Waals surface area contributed by atoms with Crippen molar-refractivity contribution < 1.29 is 10.0 Å². The molecule has 0 bridgehead atoms. The molecule has 0 unspecified atom stereocenters. The lowest BCUT2D eigenvalue weighted by molar-refractivity contribution is -0.0470. The Kier molecular flexibility index (Phi) is 3.11. The van der Waals surface area contributed by atoms with E-state index in [1.807, 2.05) is 53.4 Å². The standard InChI is InChI=1S/C12H13N3O2/c13-12(16)15(17)9-10-3-5-11(6-4-10)14-7-1-2-8-14/h1-8,17H,9H2,(H2,13,16). The lowest BCUT2D eigenvalue weighted by atomic mass is 10.2. The predicted octanol–water partition coefficient (Wildman–Crippen LogP) is 1.75. The van der Waals surface area contributed by atoms with E-state index in [9.17, 15) is 10.0 Å². The molecular weight excluding hydrogens is 218 g/mol. The maximum Gasteiger partial charge on any atom is 0.338 e. The summed E-state index contributed by atoms with van der Waals surface area (Å²) in [6.07, 6.45) is 3.88. The third-order valence-electron chi connectivity index (χ3n) is 2.43. The zero-order valence-electron chi connectivity index (χ0n) is 9.15. The van der Waals surface area contributed by atoms with Crippen LogP contribution in [-0.2, 0) is 6.54 Å². The van der Waals surface area contributed by atoms with Gasteiger partial charge in [0.05, 0.1) is 6.54 Å². The second-order valence-corrected chi connectivity index (χ2v) is 3.65. The molecule has 1 aromatic heterocycles. The van der Waals surface area contributed by atoms with Gasteiger partial charge in [0.2, 0.25) is 0 Å². The highest BCUT2D eigenvalue weighted by Gasteiger charge is 2.06. The van der Waals surface area contributed by atoms with Crippen molar-refractivity contribution in [2.24, 2.45) is 5.73 Å². The molecule has 0 saturated carbocycles. The molecule has 0 aliphatic carbocycles. The molecule has 0 saturated heterocycles. The van der Waals surface area contributed by atoms with Crippen LogP contribution in [0.3, 0.4) is 0 Å². The first-order valence-corrected chi connectivity index (χ1v) is 5.15. The quantitative estimate of drug-likeness (QED) is 0.624. The second-order valence-electron chi connectivity index (χ2n) is 3.65. The van der Waals surface area contributed by atoms with Gasteiger partial charge in [0.15, 0.2) is 0 Å². The Morgan fingerprint density at radius 1 is 1.24 bits per heavy atom. The fourth-order valence-electron chi connectivity index (χ4n) is 1.53. The topological polar surface area (TPSA) is 71.5 Å². The summed E-state index contributed by atoms with van der Waals surface area (Å²) in [7, 11) is 0. The minimum absolute atomic E-state index is 0.0846. The van der Waals surface area contributed by atoms with Crippen molar-refractivity contribution in [2.45, 2.75) is 6.54 Å². The van der Waals surface area contributed by atoms with Crippen molar-refractivity contribution in [3.63, 3.8) is 0 Å². The number of benzene rings is 1. The number of aromatic nitrogens is 1. The largest absolute Gasteiger partial charge is 0.350 e. The number of amides is 2. The van der Waals surface area contributed by atoms with Gasteiger partial charge in [-0.3, -0.25) is 5.21 Å². The van der Waals surface area contributed by atoms with Gasteiger partial charge in [-0.1, -0.05) is 12.1 Å². The van der Waals surface area contributed by atoms with E-state index in [0.717, 1.165) is 11.3 Å². The molecule has 0 spiro atoms. The first-order chi connectivity index (χ1) is 8.16. The van der Waals surface area contributed by atoms with Crippen LogP contribution in [0.4, 0.5) is 4.79 Å². The highest BCUT2D eigenvalue weighted by atomic mass is 16.5. The molecule has 17 heavy (non-hydrogen) atoms. The van der Waals surface area contributed by atoms with Gasteiger partial charge in [-0.15, -0.1) is 0 Å². The third kappa shape index (κ3) is 2.64. The van der Waals surface area contributed by atoms with E-state index in [1.54, 1.807) is 0 Å². The van der Waals surface area contributed by atoms with Crippen molar-refractivity contribution in [1.29, 1.82) is 0 Å². The van der Waals surface area contributed by atoms with Crippen molar-refractivity contribution in [2.75, 3.05) is 0 Å². The number of nitrogens with two attached hydrogens (primary N) is 1. The summed E-state index contributed by atoms with van der Waals surface area (Å²) in [6, 6.07) is 10.5. The molecule has 5 heteroatoms. The summed E-state index contributed by atoms with van der Waals surface area (Å²) >= 11 is 0. The molecule has 3 N–H and O–H groups in total. The first-order valence-electron chi connectivity index (χ1n) is 5.15. The van der Waals surface area contributed by atoms with Crippen LogP contribution in [0.15, 0.2) is 48.8 Å². The van der Waals surface area contributed by atoms with Crippen LogP contribution in [0.1, 0.15) is 5.56 Å². The number of carbonyl (C=O) groups is 1. The lowest BCUT2D eigenvalue weighted by Crippen LogP contribution is -2.31. The Labute approximate surface area is 98.6 Å². The highest BCUT2D eigenvalue weighted by molar-refractivity contribution is 5.70. The van der Waals surface area contributed by atoms with Crippen molar-refractivity contribution in [3.8, 4) is 5.69 Å². The van der Waals surface area contributed by atoms with E-state index in [0.29, 0.717) is 5.06 Å². The molecule has 2 amide bonds. The molecule has 2 rings (SSSR count). The SMILES string of the molecule is NC(=O)N(O)Cc1ccc(-n2cccc2)cc1. The monoisotopic (exact) mass is 231 g/mol. The van der Waals surface area contributed by atoms with E-state index in [2.05, 4.69) is 0 Å². The summed E-state index contributed by atoms with van der Waals surface area (Å²) in [4.78, 5) is 10.7. The summed E-state index contributed by atoms with van der Waals surface area (Å²) in [6.45, 7) is 0.0846. The fourth-order valence-corrected chi connectivity index (χ4v) is 1.53. The number of nitrogens with zero attached hydrogens (tertiary/aromatic N) is 2. The summed E-state index contributed by atoms with van der Waals surface area (Å²) in [5.74, 6) is 0. The number of carbonyl (C=O) groups excluding carboxylic acids is 1. The molecule has 0 atom stereocenters. The van der Waals surface area contributed by atoms with Gasteiger partial charge in [0.25, 0.3) is 0 Å². The fraction of sp³-hybridized carbons (Fsp3) is 0.0833. The maximum atomic E-state index is 10.7. The Bertz CT molecular complexity index is 491. The summed E-state index contributed by atoms with van der Waals surface area (Å²) < 4.78 is 1.97. The van der Waals surface area contributed by atoms with E-state index >= 15 is 0 Å². The third-order valence-corrected chi connectivity index (χ3v) is 2.43. The van der Waals surface area contributed by atoms with E-state index < -0.39 is 6.03 Å². The number of rotatable bonds is 3.